The molecule has 1 aliphatic rings. The van der Waals surface area contributed by atoms with Crippen LogP contribution in [0.2, 0.25) is 10.0 Å². The van der Waals surface area contributed by atoms with E-state index < -0.39 is 11.4 Å². The van der Waals surface area contributed by atoms with Crippen LogP contribution in [0.1, 0.15) is 11.3 Å². The van der Waals surface area contributed by atoms with Gasteiger partial charge < -0.3 is 9.64 Å². The van der Waals surface area contributed by atoms with Crippen LogP contribution < -0.4 is 20.1 Å². The Morgan fingerprint density at radius 3 is 2.86 bits per heavy atom. The number of nitrogens with zero attached hydrogens (tertiary/aromatic N) is 4. The average Bonchev–Trinajstić information content (AvgIpc) is 2.71. The van der Waals surface area contributed by atoms with Crippen molar-refractivity contribution in [1.29, 1.82) is 0 Å². The molecule has 1 aliphatic heterocycles. The van der Waals surface area contributed by atoms with Crippen molar-refractivity contribution < 1.29 is 19.3 Å². The SMILES string of the molecule is O=c1[nH]ncc(N2CCc3c(nc(OO)nc3Oc3ccc(F)cc3Cl)C2)c1Cl. The van der Waals surface area contributed by atoms with Gasteiger partial charge in [0.1, 0.15) is 16.6 Å². The molecule has 0 radical (unpaired) electrons. The van der Waals surface area contributed by atoms with E-state index in [0.717, 1.165) is 6.07 Å². The fourth-order valence-electron chi connectivity index (χ4n) is 2.96. The van der Waals surface area contributed by atoms with Gasteiger partial charge in [0.05, 0.1) is 29.1 Å². The number of anilines is 1. The Bertz CT molecular complexity index is 1140. The Labute approximate surface area is 172 Å². The van der Waals surface area contributed by atoms with E-state index >= 15 is 0 Å². The molecular weight excluding hydrogens is 428 g/mol. The van der Waals surface area contributed by atoms with E-state index in [-0.39, 0.29) is 34.2 Å². The third-order valence-electron chi connectivity index (χ3n) is 4.31. The quantitative estimate of drug-likeness (QED) is 0.470. The van der Waals surface area contributed by atoms with Gasteiger partial charge in [0.2, 0.25) is 5.88 Å². The van der Waals surface area contributed by atoms with Crippen molar-refractivity contribution in [2.75, 3.05) is 11.4 Å². The van der Waals surface area contributed by atoms with Gasteiger partial charge in [-0.15, -0.1) is 0 Å². The molecule has 0 saturated carbocycles. The molecule has 150 valence electrons. The van der Waals surface area contributed by atoms with E-state index in [1.165, 1.54) is 18.3 Å². The van der Waals surface area contributed by atoms with Crippen molar-refractivity contribution >= 4 is 28.9 Å². The van der Waals surface area contributed by atoms with Crippen molar-refractivity contribution in [2.24, 2.45) is 0 Å². The van der Waals surface area contributed by atoms with Gasteiger partial charge in [-0.1, -0.05) is 23.2 Å². The zero-order chi connectivity index (χ0) is 20.5. The van der Waals surface area contributed by atoms with Crippen molar-refractivity contribution in [1.82, 2.24) is 20.2 Å². The molecule has 12 heteroatoms. The molecule has 1 aromatic carbocycles. The highest BCUT2D eigenvalue weighted by Crippen LogP contribution is 2.35. The molecular formula is C17H12Cl2FN5O4. The number of fused-ring (bicyclic) bond motifs is 1. The van der Waals surface area contributed by atoms with E-state index in [2.05, 4.69) is 25.1 Å². The summed E-state index contributed by atoms with van der Waals surface area (Å²) in [5.74, 6) is -0.213. The van der Waals surface area contributed by atoms with Crippen molar-refractivity contribution in [3.63, 3.8) is 0 Å². The minimum atomic E-state index is -0.509. The van der Waals surface area contributed by atoms with E-state index in [1.807, 2.05) is 0 Å². The number of aromatic amines is 1. The lowest BCUT2D eigenvalue weighted by Gasteiger charge is -2.30. The molecule has 9 nitrogen and oxygen atoms in total. The summed E-state index contributed by atoms with van der Waals surface area (Å²) >= 11 is 12.1. The maximum atomic E-state index is 13.3. The Balaban J connectivity index is 1.70. The number of ether oxygens (including phenoxy) is 1. The first-order valence-electron chi connectivity index (χ1n) is 8.28. The molecule has 0 saturated heterocycles. The average molecular weight is 440 g/mol. The first-order chi connectivity index (χ1) is 14.0. The van der Waals surface area contributed by atoms with E-state index in [0.29, 0.717) is 29.9 Å². The van der Waals surface area contributed by atoms with Gasteiger partial charge in [-0.25, -0.2) is 9.49 Å². The van der Waals surface area contributed by atoms with E-state index in [9.17, 15) is 9.18 Å². The van der Waals surface area contributed by atoms with Crippen LogP contribution in [0.3, 0.4) is 0 Å². The smallest absolute Gasteiger partial charge is 0.356 e. The summed E-state index contributed by atoms with van der Waals surface area (Å²) in [4.78, 5) is 25.9. The molecule has 0 unspecified atom stereocenters. The first-order valence-corrected chi connectivity index (χ1v) is 9.04. The molecule has 3 heterocycles. The normalized spacial score (nSPS) is 13.2. The fraction of sp³-hybridized carbons (Fsp3) is 0.176. The Kier molecular flexibility index (Phi) is 5.22. The van der Waals surface area contributed by atoms with Gasteiger partial charge in [0.15, 0.2) is 0 Å². The first kappa shape index (κ1) is 19.4. The molecule has 0 fully saturated rings. The second-order valence-electron chi connectivity index (χ2n) is 6.07. The molecule has 4 rings (SSSR count). The number of nitrogens with one attached hydrogen (secondary N) is 1. The lowest BCUT2D eigenvalue weighted by molar-refractivity contribution is -0.146. The number of hydrogen-bond donors (Lipinski definition) is 2. The largest absolute Gasteiger partial charge is 0.437 e. The van der Waals surface area contributed by atoms with Crippen LogP contribution in [-0.2, 0) is 13.0 Å². The molecule has 2 N–H and O–H groups in total. The highest BCUT2D eigenvalue weighted by Gasteiger charge is 2.26. The van der Waals surface area contributed by atoms with Crippen LogP contribution in [0, 0.1) is 5.82 Å². The van der Waals surface area contributed by atoms with Crippen LogP contribution in [0.15, 0.2) is 29.2 Å². The highest BCUT2D eigenvalue weighted by molar-refractivity contribution is 6.33. The van der Waals surface area contributed by atoms with Crippen molar-refractivity contribution in [2.45, 2.75) is 13.0 Å². The maximum Gasteiger partial charge on any atom is 0.356 e. The van der Waals surface area contributed by atoms with Crippen LogP contribution in [0.4, 0.5) is 10.1 Å². The van der Waals surface area contributed by atoms with Crippen LogP contribution in [0.25, 0.3) is 0 Å². The summed E-state index contributed by atoms with van der Waals surface area (Å²) in [6.07, 6.45) is 1.87. The van der Waals surface area contributed by atoms with Gasteiger partial charge in [-0.05, 0) is 24.6 Å². The number of halogens is 3. The Morgan fingerprint density at radius 1 is 1.28 bits per heavy atom. The molecule has 0 aliphatic carbocycles. The number of hydrogen-bond acceptors (Lipinski definition) is 8. The maximum absolute atomic E-state index is 13.3. The van der Waals surface area contributed by atoms with Gasteiger partial charge in [-0.3, -0.25) is 9.68 Å². The van der Waals surface area contributed by atoms with Crippen LogP contribution in [0.5, 0.6) is 17.6 Å². The van der Waals surface area contributed by atoms with Gasteiger partial charge >= 0.3 is 6.01 Å². The molecule has 3 aromatic rings. The number of benzene rings is 1. The number of H-pyrrole nitrogens is 1. The summed E-state index contributed by atoms with van der Waals surface area (Å²) in [5, 5.41) is 15.1. The van der Waals surface area contributed by atoms with E-state index in [4.69, 9.17) is 33.2 Å². The summed E-state index contributed by atoms with van der Waals surface area (Å²) < 4.78 is 19.0. The van der Waals surface area contributed by atoms with Gasteiger partial charge in [0.25, 0.3) is 5.56 Å². The Hall–Kier alpha value is -2.95. The van der Waals surface area contributed by atoms with Crippen LogP contribution in [-0.4, -0.2) is 32.0 Å². The third-order valence-corrected chi connectivity index (χ3v) is 4.97. The highest BCUT2D eigenvalue weighted by atomic mass is 35.5. The molecule has 0 amide bonds. The topological polar surface area (TPSA) is 113 Å². The second kappa shape index (κ2) is 7.82. The molecule has 0 atom stereocenters. The summed E-state index contributed by atoms with van der Waals surface area (Å²) in [6, 6.07) is 3.33. The summed E-state index contributed by atoms with van der Waals surface area (Å²) in [6.45, 7) is 0.695. The lowest BCUT2D eigenvalue weighted by Crippen LogP contribution is -2.33. The predicted molar refractivity (Wildman–Crippen MR) is 101 cm³/mol. The minimum Gasteiger partial charge on any atom is -0.437 e. The standard InChI is InChI=1S/C17H12Cl2FN5O4/c18-10-5-8(20)1-2-13(10)28-16-9-3-4-25(7-11(9)22-17(23-16)29-27)12-6-21-24-15(26)14(12)19/h1-2,5-6,27H,3-4,7H2,(H,24,26). The minimum absolute atomic E-state index is 0.00528. The fourth-order valence-corrected chi connectivity index (χ4v) is 3.38. The Morgan fingerprint density at radius 2 is 2.10 bits per heavy atom. The summed E-state index contributed by atoms with van der Waals surface area (Å²) in [5.41, 5.74) is 1.07. The number of aromatic nitrogens is 4. The molecule has 0 spiro atoms. The van der Waals surface area contributed by atoms with E-state index in [1.54, 1.807) is 4.90 Å². The van der Waals surface area contributed by atoms with Gasteiger partial charge in [0, 0.05) is 12.1 Å². The van der Waals surface area contributed by atoms with Crippen LogP contribution >= 0.6 is 23.2 Å². The lowest BCUT2D eigenvalue weighted by atomic mass is 10.1. The molecule has 29 heavy (non-hydrogen) atoms. The van der Waals surface area contributed by atoms with Crippen molar-refractivity contribution in [3.8, 4) is 17.6 Å². The monoisotopic (exact) mass is 439 g/mol. The molecule has 0 bridgehead atoms. The summed E-state index contributed by atoms with van der Waals surface area (Å²) in [7, 11) is 0. The number of rotatable bonds is 4. The molecule has 2 aromatic heterocycles. The zero-order valence-corrected chi connectivity index (χ0v) is 16.0. The zero-order valence-electron chi connectivity index (χ0n) is 14.5. The van der Waals surface area contributed by atoms with Gasteiger partial charge in [-0.2, -0.15) is 20.3 Å². The predicted octanol–water partition coefficient (Wildman–Crippen LogP) is 3.21. The second-order valence-corrected chi connectivity index (χ2v) is 6.86. The third kappa shape index (κ3) is 3.82. The van der Waals surface area contributed by atoms with Crippen molar-refractivity contribution in [3.05, 3.63) is 61.9 Å².